The Bertz CT molecular complexity index is 980. The molecule has 0 aromatic heterocycles. The predicted molar refractivity (Wildman–Crippen MR) is 119 cm³/mol. The van der Waals surface area contributed by atoms with Crippen LogP contribution < -0.4 is 19.6 Å². The number of hydrogen-bond donors (Lipinski definition) is 1. The van der Waals surface area contributed by atoms with E-state index >= 15 is 0 Å². The van der Waals surface area contributed by atoms with Gasteiger partial charge in [0, 0.05) is 16.1 Å². The Morgan fingerprint density at radius 3 is 2.69 bits per heavy atom. The number of hydrazone groups is 1. The Hall–Kier alpha value is -1.77. The van der Waals surface area contributed by atoms with Crippen LogP contribution in [0.2, 0.25) is 5.02 Å². The van der Waals surface area contributed by atoms with Crippen LogP contribution in [0.15, 0.2) is 32.2 Å². The van der Waals surface area contributed by atoms with Crippen LogP contribution in [-0.4, -0.2) is 25.5 Å². The lowest BCUT2D eigenvalue weighted by atomic mass is 10.0. The van der Waals surface area contributed by atoms with E-state index in [1.807, 2.05) is 13.0 Å². The molecule has 1 amide bonds. The molecule has 0 radical (unpaired) electrons. The van der Waals surface area contributed by atoms with Gasteiger partial charge in [0.25, 0.3) is 5.91 Å². The van der Waals surface area contributed by atoms with Gasteiger partial charge in [-0.1, -0.05) is 41.4 Å². The predicted octanol–water partition coefficient (Wildman–Crippen LogP) is 5.55. The summed E-state index contributed by atoms with van der Waals surface area (Å²) in [4.78, 5) is 12.2. The van der Waals surface area contributed by atoms with Gasteiger partial charge in [-0.25, -0.2) is 5.43 Å². The normalized spacial score (nSPS) is 12.7. The second-order valence-electron chi connectivity index (χ2n) is 6.68. The minimum atomic E-state index is -0.389. The van der Waals surface area contributed by atoms with E-state index in [-0.39, 0.29) is 25.2 Å². The number of benzene rings is 2. The summed E-state index contributed by atoms with van der Waals surface area (Å²) in [7, 11) is 0. The standard InChI is InChI=1S/C20H19Br2ClN2O4/c1-10(2)13-5-14(21)11(3)19(22)20(13)27-8-18(26)25-24-7-12-4-16-17(6-15(12)23)29-9-28-16/h4-7,10H,8-9H2,1-3H3,(H,25,26)/b24-7-. The maximum Gasteiger partial charge on any atom is 0.277 e. The first kappa shape index (κ1) is 21.9. The molecule has 0 unspecified atom stereocenters. The van der Waals surface area contributed by atoms with Crippen LogP contribution in [0.3, 0.4) is 0 Å². The molecule has 2 aromatic carbocycles. The van der Waals surface area contributed by atoms with E-state index in [9.17, 15) is 4.79 Å². The third kappa shape index (κ3) is 5.05. The topological polar surface area (TPSA) is 69.2 Å². The van der Waals surface area contributed by atoms with Crippen molar-refractivity contribution in [2.24, 2.45) is 5.10 Å². The van der Waals surface area contributed by atoms with Gasteiger partial charge in [-0.15, -0.1) is 0 Å². The molecular weight excluding hydrogens is 527 g/mol. The van der Waals surface area contributed by atoms with Crippen molar-refractivity contribution in [3.05, 3.63) is 48.9 Å². The van der Waals surface area contributed by atoms with Gasteiger partial charge < -0.3 is 14.2 Å². The first-order valence-corrected chi connectivity index (χ1v) is 10.8. The number of hydrogen-bond acceptors (Lipinski definition) is 5. The van der Waals surface area contributed by atoms with Crippen LogP contribution in [0, 0.1) is 6.92 Å². The van der Waals surface area contributed by atoms with Gasteiger partial charge in [-0.2, -0.15) is 5.10 Å². The number of nitrogens with one attached hydrogen (secondary N) is 1. The van der Waals surface area contributed by atoms with Gasteiger partial charge in [0.15, 0.2) is 18.1 Å². The average Bonchev–Trinajstić information content (AvgIpc) is 3.12. The van der Waals surface area contributed by atoms with Gasteiger partial charge in [0.2, 0.25) is 6.79 Å². The number of carbonyl (C=O) groups is 1. The quantitative estimate of drug-likeness (QED) is 0.381. The zero-order chi connectivity index (χ0) is 21.1. The van der Waals surface area contributed by atoms with E-state index in [1.165, 1.54) is 6.21 Å². The van der Waals surface area contributed by atoms with Gasteiger partial charge in [0.05, 0.1) is 15.7 Å². The van der Waals surface area contributed by atoms with Crippen molar-refractivity contribution < 1.29 is 19.0 Å². The highest BCUT2D eigenvalue weighted by Gasteiger charge is 2.18. The summed E-state index contributed by atoms with van der Waals surface area (Å²) in [6.45, 7) is 6.08. The zero-order valence-corrected chi connectivity index (χ0v) is 19.9. The molecule has 0 atom stereocenters. The third-order valence-electron chi connectivity index (χ3n) is 4.29. The second-order valence-corrected chi connectivity index (χ2v) is 8.73. The van der Waals surface area contributed by atoms with Gasteiger partial charge in [-0.3, -0.25) is 4.79 Å². The van der Waals surface area contributed by atoms with E-state index in [4.69, 9.17) is 25.8 Å². The van der Waals surface area contributed by atoms with Crippen LogP contribution >= 0.6 is 43.5 Å². The maximum atomic E-state index is 12.2. The summed E-state index contributed by atoms with van der Waals surface area (Å²) in [5, 5.41) is 4.39. The Labute approximate surface area is 190 Å². The number of fused-ring (bicyclic) bond motifs is 1. The molecule has 3 rings (SSSR count). The molecule has 1 aliphatic heterocycles. The van der Waals surface area contributed by atoms with E-state index in [2.05, 4.69) is 56.2 Å². The van der Waals surface area contributed by atoms with E-state index in [1.54, 1.807) is 12.1 Å². The minimum Gasteiger partial charge on any atom is -0.482 e. The average molecular weight is 547 g/mol. The molecule has 0 saturated carbocycles. The van der Waals surface area contributed by atoms with Crippen LogP contribution in [0.25, 0.3) is 0 Å². The summed E-state index contributed by atoms with van der Waals surface area (Å²) in [5.41, 5.74) is 5.04. The Morgan fingerprint density at radius 2 is 2.00 bits per heavy atom. The van der Waals surface area contributed by atoms with Crippen molar-refractivity contribution in [1.29, 1.82) is 0 Å². The van der Waals surface area contributed by atoms with Crippen molar-refractivity contribution in [3.8, 4) is 17.2 Å². The fourth-order valence-electron chi connectivity index (χ4n) is 2.66. The fourth-order valence-corrected chi connectivity index (χ4v) is 4.13. The number of carbonyl (C=O) groups excluding carboxylic acids is 1. The molecule has 1 aliphatic rings. The maximum absolute atomic E-state index is 12.2. The van der Waals surface area contributed by atoms with Crippen molar-refractivity contribution in [2.75, 3.05) is 13.4 Å². The molecule has 154 valence electrons. The first-order valence-electron chi connectivity index (χ1n) is 8.80. The van der Waals surface area contributed by atoms with Crippen molar-refractivity contribution >= 4 is 55.6 Å². The van der Waals surface area contributed by atoms with Crippen molar-refractivity contribution in [3.63, 3.8) is 0 Å². The molecule has 0 spiro atoms. The van der Waals surface area contributed by atoms with Crippen LogP contribution in [-0.2, 0) is 4.79 Å². The van der Waals surface area contributed by atoms with Gasteiger partial charge >= 0.3 is 0 Å². The fraction of sp³-hybridized carbons (Fsp3) is 0.300. The Kier molecular flexibility index (Phi) is 7.08. The van der Waals surface area contributed by atoms with E-state index in [0.29, 0.717) is 27.8 Å². The number of rotatable bonds is 6. The number of nitrogens with zero attached hydrogens (tertiary/aromatic N) is 1. The van der Waals surface area contributed by atoms with E-state index < -0.39 is 0 Å². The zero-order valence-electron chi connectivity index (χ0n) is 16.0. The highest BCUT2D eigenvalue weighted by atomic mass is 79.9. The third-order valence-corrected chi connectivity index (χ3v) is 6.39. The molecule has 2 aromatic rings. The number of halogens is 3. The smallest absolute Gasteiger partial charge is 0.277 e. The lowest BCUT2D eigenvalue weighted by molar-refractivity contribution is -0.123. The summed E-state index contributed by atoms with van der Waals surface area (Å²) in [5.74, 6) is 1.66. The van der Waals surface area contributed by atoms with Crippen LogP contribution in [0.1, 0.15) is 36.5 Å². The molecule has 0 bridgehead atoms. The molecular formula is C20H19Br2ClN2O4. The first-order chi connectivity index (χ1) is 13.8. The highest BCUT2D eigenvalue weighted by molar-refractivity contribution is 9.11. The van der Waals surface area contributed by atoms with Crippen molar-refractivity contribution in [1.82, 2.24) is 5.43 Å². The van der Waals surface area contributed by atoms with Crippen LogP contribution in [0.4, 0.5) is 0 Å². The summed E-state index contributed by atoms with van der Waals surface area (Å²) in [6, 6.07) is 5.36. The summed E-state index contributed by atoms with van der Waals surface area (Å²) in [6.07, 6.45) is 1.45. The molecule has 0 fully saturated rings. The molecule has 0 aliphatic carbocycles. The molecule has 6 nitrogen and oxygen atoms in total. The van der Waals surface area contributed by atoms with E-state index in [0.717, 1.165) is 20.1 Å². The Balaban J connectivity index is 1.64. The van der Waals surface area contributed by atoms with Gasteiger partial charge in [-0.05, 0) is 52.0 Å². The Morgan fingerprint density at radius 1 is 1.31 bits per heavy atom. The molecule has 9 heteroatoms. The largest absolute Gasteiger partial charge is 0.482 e. The lowest BCUT2D eigenvalue weighted by Crippen LogP contribution is -2.25. The minimum absolute atomic E-state index is 0.157. The molecule has 0 saturated heterocycles. The van der Waals surface area contributed by atoms with Crippen LogP contribution in [0.5, 0.6) is 17.2 Å². The SMILES string of the molecule is Cc1c(Br)cc(C(C)C)c(OCC(=O)N/N=C\c2cc3c(cc2Cl)OCO3)c1Br. The number of ether oxygens (including phenoxy) is 3. The highest BCUT2D eigenvalue weighted by Crippen LogP contribution is 2.40. The van der Waals surface area contributed by atoms with Crippen molar-refractivity contribution in [2.45, 2.75) is 26.7 Å². The number of amides is 1. The summed E-state index contributed by atoms with van der Waals surface area (Å²) < 4.78 is 18.2. The lowest BCUT2D eigenvalue weighted by Gasteiger charge is -2.18. The second kappa shape index (κ2) is 9.36. The monoisotopic (exact) mass is 544 g/mol. The van der Waals surface area contributed by atoms with Gasteiger partial charge in [0.1, 0.15) is 5.75 Å². The molecule has 1 N–H and O–H groups in total. The summed E-state index contributed by atoms with van der Waals surface area (Å²) >= 11 is 13.3. The molecule has 1 heterocycles. The molecule has 29 heavy (non-hydrogen) atoms.